The Morgan fingerprint density at radius 1 is 0.667 bits per heavy atom. The number of thiophene rings is 1. The predicted molar refractivity (Wildman–Crippen MR) is 70.3 cm³/mol. The Bertz CT molecular complexity index is 741. The van der Waals surface area contributed by atoms with Gasteiger partial charge in [0, 0.05) is 10.9 Å². The molecule has 1 rings (SSSR count). The van der Waals surface area contributed by atoms with E-state index in [2.05, 4.69) is 4.74 Å². The van der Waals surface area contributed by atoms with Crippen LogP contribution in [0.5, 0.6) is 5.75 Å². The average Bonchev–Trinajstić information content (AvgIpc) is 2.98. The van der Waals surface area contributed by atoms with E-state index in [1.54, 1.807) is 0 Å². The second-order valence-corrected chi connectivity index (χ2v) is 6.44. The van der Waals surface area contributed by atoms with Gasteiger partial charge in [0.1, 0.15) is 5.75 Å². The van der Waals surface area contributed by atoms with E-state index < -0.39 is 54.1 Å². The summed E-state index contributed by atoms with van der Waals surface area (Å²) in [5, 5.41) is 1.73. The highest BCUT2D eigenvalue weighted by molar-refractivity contribution is 7.08. The molecule has 0 saturated heterocycles. The van der Waals surface area contributed by atoms with Crippen molar-refractivity contribution in [3.8, 4) is 5.75 Å². The third kappa shape index (κ3) is 3.55. The van der Waals surface area contributed by atoms with Crippen LogP contribution in [0.4, 0.5) is 65.9 Å². The average molecular weight is 496 g/mol. The molecule has 0 aliphatic carbocycles. The molecule has 0 saturated carbocycles. The maximum Gasteiger partial charge on any atom is 0.385 e. The minimum absolute atomic E-state index is 0.220. The largest absolute Gasteiger partial charge is 0.453 e. The first kappa shape index (κ1) is 26.5. The lowest BCUT2D eigenvalue weighted by Crippen LogP contribution is -2.72. The molecule has 1 aromatic heterocycles. The lowest BCUT2D eigenvalue weighted by molar-refractivity contribution is -0.440. The van der Waals surface area contributed by atoms with Gasteiger partial charge in [-0.2, -0.15) is 57.1 Å². The number of alkyl halides is 15. The molecule has 0 spiro atoms. The number of rotatable bonds is 9. The van der Waals surface area contributed by atoms with Crippen LogP contribution in [0.25, 0.3) is 0 Å². The SMILES string of the molecule is Cc1cscc1OC(F)C(F)(F)C(F)(F)C(F)(F)C(F)(F)C(F)(F)C(F)(F)C(F)F. The predicted octanol–water partition coefficient (Wildman–Crippen LogP) is 6.81. The van der Waals surface area contributed by atoms with Gasteiger partial charge in [0.15, 0.2) is 0 Å². The molecule has 0 N–H and O–H groups in total. The van der Waals surface area contributed by atoms with Gasteiger partial charge in [-0.15, -0.1) is 11.3 Å². The van der Waals surface area contributed by atoms with Crippen molar-refractivity contribution in [1.82, 2.24) is 0 Å². The number of hydrogen-bond donors (Lipinski definition) is 0. The Kier molecular flexibility index (Phi) is 6.66. The Morgan fingerprint density at radius 2 is 1.07 bits per heavy atom. The van der Waals surface area contributed by atoms with Gasteiger partial charge >= 0.3 is 48.3 Å². The summed E-state index contributed by atoms with van der Waals surface area (Å²) in [5.41, 5.74) is -0.220. The second kappa shape index (κ2) is 7.55. The zero-order valence-corrected chi connectivity index (χ0v) is 14.6. The van der Waals surface area contributed by atoms with Crippen molar-refractivity contribution in [3.05, 3.63) is 16.3 Å². The van der Waals surface area contributed by atoms with Crippen molar-refractivity contribution in [3.63, 3.8) is 0 Å². The fraction of sp³-hybridized carbons (Fsp3) is 0.692. The third-order valence-corrected chi connectivity index (χ3v) is 4.46. The Hall–Kier alpha value is -1.55. The zero-order valence-electron chi connectivity index (χ0n) is 13.8. The maximum atomic E-state index is 13.5. The highest BCUT2D eigenvalue weighted by Gasteiger charge is 2.92. The molecule has 0 bridgehead atoms. The normalized spacial score (nSPS) is 16.2. The highest BCUT2D eigenvalue weighted by atomic mass is 32.1. The summed E-state index contributed by atoms with van der Waals surface area (Å²) in [4.78, 5) is 0. The first-order valence-electron chi connectivity index (χ1n) is 6.99. The smallest absolute Gasteiger partial charge is 0.385 e. The quantitative estimate of drug-likeness (QED) is 0.342. The van der Waals surface area contributed by atoms with Gasteiger partial charge in [0.25, 0.3) is 0 Å². The Labute approximate surface area is 160 Å². The van der Waals surface area contributed by atoms with Crippen LogP contribution in [0.1, 0.15) is 5.56 Å². The molecule has 0 aliphatic heterocycles. The van der Waals surface area contributed by atoms with Gasteiger partial charge in [-0.25, -0.2) is 8.78 Å². The zero-order chi connectivity index (χ0) is 24.1. The number of ether oxygens (including phenoxy) is 1. The molecule has 1 nitrogen and oxygen atoms in total. The molecule has 0 amide bonds. The highest BCUT2D eigenvalue weighted by Crippen LogP contribution is 2.61. The molecule has 0 aromatic carbocycles. The van der Waals surface area contributed by atoms with Gasteiger partial charge in [-0.3, -0.25) is 0 Å². The molecule has 17 heteroatoms. The van der Waals surface area contributed by atoms with Crippen LogP contribution in [-0.4, -0.2) is 48.3 Å². The van der Waals surface area contributed by atoms with Crippen molar-refractivity contribution in [1.29, 1.82) is 0 Å². The third-order valence-electron chi connectivity index (χ3n) is 3.62. The van der Waals surface area contributed by atoms with Gasteiger partial charge < -0.3 is 4.74 Å². The van der Waals surface area contributed by atoms with Crippen LogP contribution in [0.2, 0.25) is 0 Å². The van der Waals surface area contributed by atoms with Gasteiger partial charge in [-0.05, 0) is 12.3 Å². The van der Waals surface area contributed by atoms with Crippen molar-refractivity contribution < 1.29 is 70.6 Å². The number of hydrogen-bond acceptors (Lipinski definition) is 2. The molecule has 0 radical (unpaired) electrons. The molecule has 176 valence electrons. The summed E-state index contributed by atoms with van der Waals surface area (Å²) in [7, 11) is 0. The summed E-state index contributed by atoms with van der Waals surface area (Å²) >= 11 is 0.599. The molecule has 30 heavy (non-hydrogen) atoms. The Balaban J connectivity index is 3.44. The molecular formula is C13H7F15OS. The molecule has 0 aliphatic rings. The van der Waals surface area contributed by atoms with E-state index in [9.17, 15) is 65.9 Å². The molecular weight excluding hydrogens is 489 g/mol. The van der Waals surface area contributed by atoms with Crippen molar-refractivity contribution in [2.45, 2.75) is 55.2 Å². The van der Waals surface area contributed by atoms with Crippen molar-refractivity contribution in [2.75, 3.05) is 0 Å². The van der Waals surface area contributed by atoms with Crippen LogP contribution >= 0.6 is 11.3 Å². The Morgan fingerprint density at radius 3 is 1.40 bits per heavy atom. The van der Waals surface area contributed by atoms with Crippen molar-refractivity contribution >= 4 is 11.3 Å². The first-order chi connectivity index (χ1) is 13.1. The summed E-state index contributed by atoms with van der Waals surface area (Å²) in [6.45, 7) is 1.02. The van der Waals surface area contributed by atoms with E-state index in [0.29, 0.717) is 16.7 Å². The van der Waals surface area contributed by atoms with Crippen LogP contribution in [0, 0.1) is 6.92 Å². The lowest BCUT2D eigenvalue weighted by atomic mass is 9.91. The maximum absolute atomic E-state index is 13.5. The fourth-order valence-electron chi connectivity index (χ4n) is 1.75. The van der Waals surface area contributed by atoms with Gasteiger partial charge in [0.2, 0.25) is 0 Å². The molecule has 1 unspecified atom stereocenters. The number of halogens is 15. The number of aryl methyl sites for hydroxylation is 1. The van der Waals surface area contributed by atoms with Gasteiger partial charge in [0.05, 0.1) is 0 Å². The van der Waals surface area contributed by atoms with Gasteiger partial charge in [-0.1, -0.05) is 0 Å². The first-order valence-corrected chi connectivity index (χ1v) is 7.93. The van der Waals surface area contributed by atoms with Crippen LogP contribution in [0.3, 0.4) is 0 Å². The molecule has 1 heterocycles. The van der Waals surface area contributed by atoms with E-state index in [4.69, 9.17) is 0 Å². The molecule has 1 aromatic rings. The monoisotopic (exact) mass is 496 g/mol. The minimum Gasteiger partial charge on any atom is -0.453 e. The fourth-order valence-corrected chi connectivity index (χ4v) is 2.50. The van der Waals surface area contributed by atoms with Crippen LogP contribution in [0.15, 0.2) is 10.8 Å². The van der Waals surface area contributed by atoms with Crippen molar-refractivity contribution in [2.24, 2.45) is 0 Å². The summed E-state index contributed by atoms with van der Waals surface area (Å²) in [6.07, 6.45) is -10.7. The second-order valence-electron chi connectivity index (χ2n) is 5.70. The van der Waals surface area contributed by atoms with E-state index >= 15 is 0 Å². The topological polar surface area (TPSA) is 9.23 Å². The van der Waals surface area contributed by atoms with E-state index in [1.807, 2.05) is 0 Å². The molecule has 1 atom stereocenters. The van der Waals surface area contributed by atoms with E-state index in [-0.39, 0.29) is 5.56 Å². The summed E-state index contributed by atoms with van der Waals surface area (Å²) in [5.74, 6) is -47.5. The minimum atomic E-state index is -8.20. The summed E-state index contributed by atoms with van der Waals surface area (Å²) < 4.78 is 200. The standard InChI is InChI=1S/C13H7F15OS/c1-4-2-30-3-5(4)29-7(16)9(19,20)11(23,24)13(27,28)12(25,26)10(21,22)8(17,18)6(14)15/h2-3,6-7H,1H3. The molecule has 0 fully saturated rings. The van der Waals surface area contributed by atoms with E-state index in [0.717, 1.165) is 12.3 Å². The van der Waals surface area contributed by atoms with Crippen LogP contribution < -0.4 is 4.74 Å². The van der Waals surface area contributed by atoms with E-state index in [1.165, 1.54) is 0 Å². The van der Waals surface area contributed by atoms with Crippen LogP contribution in [-0.2, 0) is 0 Å². The summed E-state index contributed by atoms with van der Waals surface area (Å²) in [6, 6.07) is 0. The lowest BCUT2D eigenvalue weighted by Gasteiger charge is -2.41.